The standard InChI is InChI=1S/C28H39N3O3S/c1-8-30(9-2)15-10-16-31-24(22-17-25(32-5)27(34-7)26(18-22)33-6)19-35-28(31)29-23-13-11-21(12-14-23)20(3)4/h11-14,17-20H,8-10,15-16H2,1-7H3. The van der Waals surface area contributed by atoms with E-state index < -0.39 is 0 Å². The van der Waals surface area contributed by atoms with Crippen molar-refractivity contribution in [2.24, 2.45) is 4.99 Å². The van der Waals surface area contributed by atoms with E-state index in [2.05, 4.69) is 66.8 Å². The molecule has 0 aliphatic carbocycles. The monoisotopic (exact) mass is 497 g/mol. The van der Waals surface area contributed by atoms with Crippen LogP contribution in [-0.2, 0) is 6.54 Å². The Bertz CT molecular complexity index is 1120. The summed E-state index contributed by atoms with van der Waals surface area (Å²) in [6, 6.07) is 12.6. The first kappa shape index (κ1) is 26.8. The number of nitrogens with zero attached hydrogens (tertiary/aromatic N) is 3. The zero-order chi connectivity index (χ0) is 25.4. The van der Waals surface area contributed by atoms with Gasteiger partial charge in [-0.15, -0.1) is 11.3 Å². The van der Waals surface area contributed by atoms with Gasteiger partial charge in [-0.25, -0.2) is 4.99 Å². The highest BCUT2D eigenvalue weighted by Gasteiger charge is 2.17. The summed E-state index contributed by atoms with van der Waals surface area (Å²) in [6.45, 7) is 12.9. The van der Waals surface area contributed by atoms with Crippen LogP contribution in [0.2, 0.25) is 0 Å². The number of aromatic nitrogens is 1. The van der Waals surface area contributed by atoms with Gasteiger partial charge in [0.15, 0.2) is 16.3 Å². The molecule has 0 spiro atoms. The second-order valence-electron chi connectivity index (χ2n) is 8.71. The summed E-state index contributed by atoms with van der Waals surface area (Å²) in [7, 11) is 4.92. The molecule has 7 heteroatoms. The van der Waals surface area contributed by atoms with E-state index >= 15 is 0 Å². The Labute approximate surface area is 213 Å². The third kappa shape index (κ3) is 6.47. The molecular formula is C28H39N3O3S. The first-order valence-electron chi connectivity index (χ1n) is 12.3. The summed E-state index contributed by atoms with van der Waals surface area (Å²) in [6.07, 6.45) is 1.04. The van der Waals surface area contributed by atoms with Gasteiger partial charge in [-0.1, -0.05) is 39.8 Å². The Balaban J connectivity index is 2.07. The van der Waals surface area contributed by atoms with Gasteiger partial charge in [0.05, 0.1) is 32.7 Å². The second-order valence-corrected chi connectivity index (χ2v) is 9.54. The van der Waals surface area contributed by atoms with Gasteiger partial charge in [0.1, 0.15) is 0 Å². The van der Waals surface area contributed by atoms with Crippen molar-refractivity contribution in [1.29, 1.82) is 0 Å². The van der Waals surface area contributed by atoms with Crippen molar-refractivity contribution in [2.75, 3.05) is 41.0 Å². The fourth-order valence-corrected chi connectivity index (χ4v) is 5.09. The number of ether oxygens (including phenoxy) is 3. The van der Waals surface area contributed by atoms with E-state index in [1.54, 1.807) is 32.7 Å². The van der Waals surface area contributed by atoms with E-state index in [1.807, 2.05) is 12.1 Å². The van der Waals surface area contributed by atoms with Crippen molar-refractivity contribution in [3.63, 3.8) is 0 Å². The summed E-state index contributed by atoms with van der Waals surface area (Å²) in [4.78, 5) is 8.45. The fourth-order valence-electron chi connectivity index (χ4n) is 4.13. The largest absolute Gasteiger partial charge is 0.493 e. The van der Waals surface area contributed by atoms with Crippen LogP contribution in [0.5, 0.6) is 17.2 Å². The van der Waals surface area contributed by atoms with Gasteiger partial charge in [0.25, 0.3) is 0 Å². The lowest BCUT2D eigenvalue weighted by Crippen LogP contribution is -2.26. The molecule has 2 aromatic carbocycles. The average molecular weight is 498 g/mol. The zero-order valence-electron chi connectivity index (χ0n) is 22.1. The van der Waals surface area contributed by atoms with E-state index in [0.29, 0.717) is 23.2 Å². The highest BCUT2D eigenvalue weighted by molar-refractivity contribution is 7.07. The number of rotatable bonds is 12. The number of hydrogen-bond acceptors (Lipinski definition) is 6. The predicted molar refractivity (Wildman–Crippen MR) is 146 cm³/mol. The van der Waals surface area contributed by atoms with Crippen molar-refractivity contribution in [1.82, 2.24) is 9.47 Å². The summed E-state index contributed by atoms with van der Waals surface area (Å²) in [5.74, 6) is 2.38. The molecule has 0 atom stereocenters. The highest BCUT2D eigenvalue weighted by atomic mass is 32.1. The Morgan fingerprint density at radius 1 is 0.943 bits per heavy atom. The van der Waals surface area contributed by atoms with Crippen LogP contribution in [0.25, 0.3) is 11.3 Å². The molecule has 0 fully saturated rings. The topological polar surface area (TPSA) is 48.2 Å². The third-order valence-corrected chi connectivity index (χ3v) is 7.16. The summed E-state index contributed by atoms with van der Waals surface area (Å²) >= 11 is 1.65. The molecule has 6 nitrogen and oxygen atoms in total. The lowest BCUT2D eigenvalue weighted by molar-refractivity contribution is 0.293. The molecule has 0 bridgehead atoms. The van der Waals surface area contributed by atoms with Crippen LogP contribution in [0.15, 0.2) is 46.8 Å². The molecule has 0 amide bonds. The lowest BCUT2D eigenvalue weighted by Gasteiger charge is -2.19. The van der Waals surface area contributed by atoms with Gasteiger partial charge in [0, 0.05) is 17.5 Å². The van der Waals surface area contributed by atoms with Crippen LogP contribution < -0.4 is 19.0 Å². The fraction of sp³-hybridized carbons (Fsp3) is 0.464. The molecule has 0 N–H and O–H groups in total. The molecule has 0 saturated carbocycles. The molecule has 0 radical (unpaired) electrons. The predicted octanol–water partition coefficient (Wildman–Crippen LogP) is 6.33. The molecular weight excluding hydrogens is 458 g/mol. The van der Waals surface area contributed by atoms with Gasteiger partial charge >= 0.3 is 0 Å². The SMILES string of the molecule is CCN(CC)CCCn1c(-c2cc(OC)c(OC)c(OC)c2)csc1=Nc1ccc(C(C)C)cc1. The maximum Gasteiger partial charge on any atom is 0.203 e. The molecule has 35 heavy (non-hydrogen) atoms. The Morgan fingerprint density at radius 2 is 1.57 bits per heavy atom. The molecule has 0 saturated heterocycles. The minimum absolute atomic E-state index is 0.502. The van der Waals surface area contributed by atoms with Crippen LogP contribution in [0, 0.1) is 0 Å². The molecule has 3 aromatic rings. The smallest absolute Gasteiger partial charge is 0.203 e. The Kier molecular flexibility index (Phi) is 9.81. The van der Waals surface area contributed by atoms with E-state index in [1.165, 1.54) is 5.56 Å². The van der Waals surface area contributed by atoms with Gasteiger partial charge in [-0.2, -0.15) is 0 Å². The molecule has 190 valence electrons. The van der Waals surface area contributed by atoms with Crippen LogP contribution in [0.1, 0.15) is 45.6 Å². The number of benzene rings is 2. The number of methoxy groups -OCH3 is 3. The minimum Gasteiger partial charge on any atom is -0.493 e. The van der Waals surface area contributed by atoms with E-state index in [9.17, 15) is 0 Å². The lowest BCUT2D eigenvalue weighted by atomic mass is 10.0. The maximum absolute atomic E-state index is 5.61. The normalized spacial score (nSPS) is 12.0. The second kappa shape index (κ2) is 12.8. The first-order chi connectivity index (χ1) is 16.9. The zero-order valence-corrected chi connectivity index (χ0v) is 22.9. The Morgan fingerprint density at radius 3 is 2.09 bits per heavy atom. The molecule has 0 aliphatic rings. The number of hydrogen-bond donors (Lipinski definition) is 0. The number of thiazole rings is 1. The van der Waals surface area contributed by atoms with Gasteiger partial charge in [-0.05, 0) is 61.8 Å². The van der Waals surface area contributed by atoms with Crippen LogP contribution in [0.3, 0.4) is 0 Å². The van der Waals surface area contributed by atoms with Gasteiger partial charge < -0.3 is 23.7 Å². The van der Waals surface area contributed by atoms with Crippen molar-refractivity contribution >= 4 is 17.0 Å². The van der Waals surface area contributed by atoms with Gasteiger partial charge in [0.2, 0.25) is 5.75 Å². The summed E-state index contributed by atoms with van der Waals surface area (Å²) in [5.41, 5.74) is 4.38. The average Bonchev–Trinajstić information content (AvgIpc) is 3.27. The molecule has 0 aliphatic heterocycles. The molecule has 3 rings (SSSR count). The molecule has 1 aromatic heterocycles. The quantitative estimate of drug-likeness (QED) is 0.293. The molecule has 0 unspecified atom stereocenters. The minimum atomic E-state index is 0.502. The summed E-state index contributed by atoms with van der Waals surface area (Å²) < 4.78 is 19.1. The first-order valence-corrected chi connectivity index (χ1v) is 13.2. The van der Waals surface area contributed by atoms with E-state index in [4.69, 9.17) is 19.2 Å². The van der Waals surface area contributed by atoms with Crippen LogP contribution >= 0.6 is 11.3 Å². The van der Waals surface area contributed by atoms with Crippen molar-refractivity contribution in [2.45, 2.75) is 46.6 Å². The summed E-state index contributed by atoms with van der Waals surface area (Å²) in [5, 5.41) is 2.17. The van der Waals surface area contributed by atoms with Crippen LogP contribution in [0.4, 0.5) is 5.69 Å². The van der Waals surface area contributed by atoms with Crippen molar-refractivity contribution < 1.29 is 14.2 Å². The highest BCUT2D eigenvalue weighted by Crippen LogP contribution is 2.41. The van der Waals surface area contributed by atoms with Crippen molar-refractivity contribution in [3.05, 3.63) is 52.1 Å². The van der Waals surface area contributed by atoms with Gasteiger partial charge in [-0.3, -0.25) is 0 Å². The van der Waals surface area contributed by atoms with Crippen molar-refractivity contribution in [3.8, 4) is 28.5 Å². The van der Waals surface area contributed by atoms with E-state index in [0.717, 1.165) is 54.3 Å². The molecule has 1 heterocycles. The Hall–Kier alpha value is -2.77. The third-order valence-electron chi connectivity index (χ3n) is 6.29. The van der Waals surface area contributed by atoms with Crippen LogP contribution in [-0.4, -0.2) is 50.4 Å². The van der Waals surface area contributed by atoms with E-state index in [-0.39, 0.29) is 0 Å². The maximum atomic E-state index is 5.61.